The maximum atomic E-state index is 14.8. The number of nitrogens with two attached hydrogens (primary N) is 5. The number of H-pyrrole nitrogens is 2. The summed E-state index contributed by atoms with van der Waals surface area (Å²) in [5.74, 6) is -6.35. The average Bonchev–Trinajstić information content (AvgIpc) is 3.95. The van der Waals surface area contributed by atoms with Crippen LogP contribution >= 0.6 is 0 Å². The van der Waals surface area contributed by atoms with E-state index < -0.39 is 89.6 Å². The normalized spacial score (nSPS) is 14.3. The summed E-state index contributed by atoms with van der Waals surface area (Å²) in [4.78, 5) is 108. The molecule has 4 rings (SSSR count). The number of para-hydroxylation sites is 2. The number of aliphatic carboxylic acids is 1. The maximum absolute atomic E-state index is 14.8. The molecule has 0 spiro atoms. The van der Waals surface area contributed by atoms with E-state index >= 15 is 0 Å². The number of unbranched alkanes of at least 4 members (excludes halogenated alkanes) is 2. The number of aliphatic imine (C=N–C) groups is 1. The van der Waals surface area contributed by atoms with E-state index in [-0.39, 0.29) is 63.5 Å². The number of nitrogens with one attached hydrogen (secondary N) is 8. The molecule has 0 aliphatic heterocycles. The van der Waals surface area contributed by atoms with Gasteiger partial charge in [0.2, 0.25) is 35.4 Å². The van der Waals surface area contributed by atoms with Gasteiger partial charge in [-0.25, -0.2) is 4.79 Å². The molecule has 0 aliphatic rings. The summed E-state index contributed by atoms with van der Waals surface area (Å²) in [6.45, 7) is 7.59. The molecule has 4 aromatic rings. The second-order valence-electron chi connectivity index (χ2n) is 18.8. The number of aromatic amines is 2. The summed E-state index contributed by atoms with van der Waals surface area (Å²) in [5.41, 5.74) is 31.7. The van der Waals surface area contributed by atoms with Crippen LogP contribution in [0, 0.1) is 11.8 Å². The predicted octanol–water partition coefficient (Wildman–Crippen LogP) is 0.379. The Morgan fingerprint density at radius 1 is 0.542 bits per heavy atom. The molecule has 2 heterocycles. The highest BCUT2D eigenvalue weighted by molar-refractivity contribution is 5.98. The molecule has 6 amide bonds. The minimum absolute atomic E-state index is 0.00823. The zero-order valence-corrected chi connectivity index (χ0v) is 41.8. The smallest absolute Gasteiger partial charge is 0.326 e. The van der Waals surface area contributed by atoms with Crippen molar-refractivity contribution >= 4 is 69.2 Å². The first-order chi connectivity index (χ1) is 34.3. The molecule has 7 atom stereocenters. The number of amides is 6. The summed E-state index contributed by atoms with van der Waals surface area (Å²) in [6, 6.07) is 6.32. The lowest BCUT2D eigenvalue weighted by atomic mass is 10.00. The van der Waals surface area contributed by atoms with Crippen molar-refractivity contribution in [2.75, 3.05) is 19.6 Å². The van der Waals surface area contributed by atoms with E-state index in [0.29, 0.717) is 43.4 Å². The Kier molecular flexibility index (Phi) is 22.9. The predicted molar refractivity (Wildman–Crippen MR) is 277 cm³/mol. The summed E-state index contributed by atoms with van der Waals surface area (Å²) >= 11 is 0. The number of carbonyl (C=O) groups is 7. The van der Waals surface area contributed by atoms with Crippen molar-refractivity contribution in [2.24, 2.45) is 45.5 Å². The highest BCUT2D eigenvalue weighted by atomic mass is 16.4. The highest BCUT2D eigenvalue weighted by Gasteiger charge is 2.35. The van der Waals surface area contributed by atoms with E-state index in [1.165, 1.54) is 0 Å². The molecule has 394 valence electrons. The SMILES string of the molecule is CC(C)[C@H](N)C(=O)N[C@@H](CCCCN)C(=O)N[C@@H](CCCN=C(N)N)C(=O)N[C@@H](Cc1c[nH]c2ccccc12)C(=O)N[C@@H](CCCCN)C(=O)N[C@@H](Cc1c[nH]c2ccccc12)C(=O)N[C@H](C(=O)O)C(C)C. The second-order valence-corrected chi connectivity index (χ2v) is 18.8. The molecule has 0 saturated heterocycles. The van der Waals surface area contributed by atoms with Gasteiger partial charge in [0.05, 0.1) is 6.04 Å². The number of rotatable bonds is 31. The maximum Gasteiger partial charge on any atom is 0.326 e. The largest absolute Gasteiger partial charge is 0.480 e. The summed E-state index contributed by atoms with van der Waals surface area (Å²) in [5, 5.41) is 28.1. The third-order valence-corrected chi connectivity index (χ3v) is 12.5. The van der Waals surface area contributed by atoms with Crippen molar-refractivity contribution in [3.63, 3.8) is 0 Å². The van der Waals surface area contributed by atoms with Crippen LogP contribution in [0.5, 0.6) is 0 Å². The van der Waals surface area contributed by atoms with Gasteiger partial charge in [0, 0.05) is 53.6 Å². The zero-order chi connectivity index (χ0) is 52.9. The Labute approximate surface area is 419 Å². The minimum Gasteiger partial charge on any atom is -0.480 e. The number of fused-ring (bicyclic) bond motifs is 2. The summed E-state index contributed by atoms with van der Waals surface area (Å²) in [6.07, 6.45) is 5.74. The number of hydrogen-bond acceptors (Lipinski definition) is 11. The Morgan fingerprint density at radius 2 is 0.931 bits per heavy atom. The number of carbonyl (C=O) groups excluding carboxylic acids is 6. The van der Waals surface area contributed by atoms with Crippen molar-refractivity contribution in [3.8, 4) is 0 Å². The third kappa shape index (κ3) is 17.4. The van der Waals surface area contributed by atoms with Crippen LogP contribution in [-0.2, 0) is 46.4 Å². The molecule has 0 aliphatic carbocycles. The molecule has 0 unspecified atom stereocenters. The quantitative estimate of drug-likeness (QED) is 0.0184. The van der Waals surface area contributed by atoms with Gasteiger partial charge < -0.3 is 75.6 Å². The summed E-state index contributed by atoms with van der Waals surface area (Å²) < 4.78 is 0. The molecular formula is C50H76N14O8. The standard InChI is InChI=1S/C50H76N14O8/c1-28(2)41(53)48(70)61-37(19-10-12-22-52)43(65)59-38(20-13-23-56-50(54)55)45(67)62-39(24-30-26-57-34-16-7-5-14-32(30)34)46(68)60-36(18-9-11-21-51)44(66)63-40(47(69)64-42(29(3)4)49(71)72)25-31-27-58-35-17-8-6-15-33(31)35/h5-8,14-17,26-29,36-42,57-58H,9-13,18-25,51-53H2,1-4H3,(H,59,65)(H,60,68)(H,61,70)(H,62,67)(H,63,66)(H,64,69)(H,71,72)(H4,54,55,56)/t36-,37-,38-,39-,40-,41-,42-/m0/s1. The monoisotopic (exact) mass is 1000 g/mol. The molecule has 0 fully saturated rings. The third-order valence-electron chi connectivity index (χ3n) is 12.5. The van der Waals surface area contributed by atoms with Gasteiger partial charge in [-0.15, -0.1) is 0 Å². The topological polar surface area (TPSA) is 386 Å². The van der Waals surface area contributed by atoms with E-state index in [0.717, 1.165) is 21.8 Å². The number of hydrogen-bond donors (Lipinski definition) is 14. The van der Waals surface area contributed by atoms with E-state index in [1.807, 2.05) is 48.5 Å². The molecule has 0 bridgehead atoms. The van der Waals surface area contributed by atoms with Gasteiger partial charge in [-0.2, -0.15) is 0 Å². The summed E-state index contributed by atoms with van der Waals surface area (Å²) in [7, 11) is 0. The molecule has 22 heteroatoms. The van der Waals surface area contributed by atoms with Crippen LogP contribution in [0.4, 0.5) is 0 Å². The van der Waals surface area contributed by atoms with Crippen LogP contribution in [0.1, 0.15) is 90.2 Å². The Hall–Kier alpha value is -7.04. The molecule has 2 aromatic heterocycles. The molecule has 22 nitrogen and oxygen atoms in total. The van der Waals surface area contributed by atoms with Crippen molar-refractivity contribution < 1.29 is 38.7 Å². The highest BCUT2D eigenvalue weighted by Crippen LogP contribution is 2.22. The van der Waals surface area contributed by atoms with E-state index in [2.05, 4.69) is 46.9 Å². The van der Waals surface area contributed by atoms with Gasteiger partial charge in [0.15, 0.2) is 5.96 Å². The van der Waals surface area contributed by atoms with E-state index in [1.54, 1.807) is 40.1 Å². The van der Waals surface area contributed by atoms with Crippen LogP contribution in [0.3, 0.4) is 0 Å². The van der Waals surface area contributed by atoms with Crippen molar-refractivity contribution in [2.45, 2.75) is 134 Å². The number of carboxylic acids is 1. The van der Waals surface area contributed by atoms with E-state index in [9.17, 15) is 38.7 Å². The van der Waals surface area contributed by atoms with Gasteiger partial charge in [0.25, 0.3) is 0 Å². The number of guanidine groups is 1. The Bertz CT molecular complexity index is 2470. The van der Waals surface area contributed by atoms with Gasteiger partial charge >= 0.3 is 5.97 Å². The number of nitrogens with zero attached hydrogens (tertiary/aromatic N) is 1. The number of aromatic nitrogens is 2. The molecule has 72 heavy (non-hydrogen) atoms. The lowest BCUT2D eigenvalue weighted by molar-refractivity contribution is -0.143. The van der Waals surface area contributed by atoms with Crippen LogP contribution in [-0.4, -0.2) is 124 Å². The van der Waals surface area contributed by atoms with Gasteiger partial charge in [-0.3, -0.25) is 33.8 Å². The second kappa shape index (κ2) is 28.7. The molecule has 2 aromatic carbocycles. The van der Waals surface area contributed by atoms with Crippen molar-refractivity contribution in [1.29, 1.82) is 0 Å². The van der Waals surface area contributed by atoms with Crippen molar-refractivity contribution in [1.82, 2.24) is 41.9 Å². The lowest BCUT2D eigenvalue weighted by Crippen LogP contribution is -2.60. The molecule has 0 radical (unpaired) electrons. The van der Waals surface area contributed by atoms with Crippen LogP contribution in [0.15, 0.2) is 65.9 Å². The Balaban J connectivity index is 1.70. The fourth-order valence-electron chi connectivity index (χ4n) is 8.18. The van der Waals surface area contributed by atoms with Crippen molar-refractivity contribution in [3.05, 3.63) is 72.1 Å². The number of benzene rings is 2. The van der Waals surface area contributed by atoms with E-state index in [4.69, 9.17) is 28.7 Å². The van der Waals surface area contributed by atoms with Gasteiger partial charge in [0.1, 0.15) is 36.3 Å². The average molecular weight is 1000 g/mol. The first kappa shape index (κ1) is 57.5. The van der Waals surface area contributed by atoms with Crippen LogP contribution in [0.25, 0.3) is 21.8 Å². The minimum atomic E-state index is -1.35. The fraction of sp³-hybridized carbons (Fsp3) is 0.520. The van der Waals surface area contributed by atoms with Gasteiger partial charge in [-0.1, -0.05) is 64.1 Å². The van der Waals surface area contributed by atoms with Crippen LogP contribution < -0.4 is 60.6 Å². The number of carboxylic acid groups (broad SMARTS) is 1. The van der Waals surface area contributed by atoms with Crippen LogP contribution in [0.2, 0.25) is 0 Å². The fourth-order valence-corrected chi connectivity index (χ4v) is 8.18. The van der Waals surface area contributed by atoms with Gasteiger partial charge in [-0.05, 0) is 99.6 Å². The Morgan fingerprint density at radius 3 is 1.33 bits per heavy atom. The zero-order valence-electron chi connectivity index (χ0n) is 41.8. The first-order valence-electron chi connectivity index (χ1n) is 24.7. The molecule has 19 N–H and O–H groups in total. The molecular weight excluding hydrogens is 925 g/mol. The first-order valence-corrected chi connectivity index (χ1v) is 24.7. The lowest BCUT2D eigenvalue weighted by Gasteiger charge is -2.28. The molecule has 0 saturated carbocycles.